The number of amides is 2. The highest BCUT2D eigenvalue weighted by molar-refractivity contribution is 6.35. The first-order valence-electron chi connectivity index (χ1n) is 17.2. The molecule has 0 fully saturated rings. The smallest absolute Gasteiger partial charge is 0.300 e. The van der Waals surface area contributed by atoms with E-state index in [2.05, 4.69) is 35.2 Å². The zero-order valence-electron chi connectivity index (χ0n) is 29.7. The third-order valence-electron chi connectivity index (χ3n) is 8.76. The predicted octanol–water partition coefficient (Wildman–Crippen LogP) is 4.37. The average molecular weight is 799 g/mol. The highest BCUT2D eigenvalue weighted by atomic mass is 35.5. The molecule has 2 aromatic heterocycles. The van der Waals surface area contributed by atoms with Crippen LogP contribution in [0.3, 0.4) is 0 Å². The van der Waals surface area contributed by atoms with Crippen molar-refractivity contribution in [2.75, 3.05) is 41.3 Å². The maximum absolute atomic E-state index is 12.7. The number of para-hydroxylation sites is 2. The number of carbonyl (C=O) groups is 4. The lowest BCUT2D eigenvalue weighted by Crippen LogP contribution is -2.40. The first-order valence-corrected chi connectivity index (χ1v) is 17.5. The van der Waals surface area contributed by atoms with Gasteiger partial charge >= 0.3 is 11.4 Å². The number of fused-ring (bicyclic) bond motifs is 4. The Hall–Kier alpha value is -7.19. The molecule has 292 valence electrons. The summed E-state index contributed by atoms with van der Waals surface area (Å²) in [5.41, 5.74) is 9.36. The molecule has 0 spiro atoms. The van der Waals surface area contributed by atoms with Crippen LogP contribution in [-0.2, 0) is 32.0 Å². The number of benzene rings is 4. The van der Waals surface area contributed by atoms with Crippen LogP contribution < -0.4 is 20.9 Å². The average Bonchev–Trinajstić information content (AvgIpc) is 3.90. The highest BCUT2D eigenvalue weighted by Gasteiger charge is 2.28. The van der Waals surface area contributed by atoms with E-state index in [1.165, 1.54) is 34.1 Å². The van der Waals surface area contributed by atoms with E-state index in [-0.39, 0.29) is 94.3 Å². The number of halogens is 1. The first-order chi connectivity index (χ1) is 27.5. The van der Waals surface area contributed by atoms with Crippen molar-refractivity contribution in [3.8, 4) is 0 Å². The lowest BCUT2D eigenvalue weighted by molar-refractivity contribution is -0.383. The van der Waals surface area contributed by atoms with E-state index in [9.17, 15) is 39.4 Å². The molecule has 0 bridgehead atoms. The van der Waals surface area contributed by atoms with Gasteiger partial charge in [-0.25, -0.2) is 9.26 Å². The summed E-state index contributed by atoms with van der Waals surface area (Å²) in [6.07, 6.45) is 1.16. The lowest BCUT2D eigenvalue weighted by atomic mass is 10.0. The summed E-state index contributed by atoms with van der Waals surface area (Å²) in [5.74, 6) is -0.206. The number of anilines is 3. The van der Waals surface area contributed by atoms with Gasteiger partial charge < -0.3 is 20.9 Å². The van der Waals surface area contributed by atoms with E-state index in [0.29, 0.717) is 25.1 Å². The standard InChI is InChI=1S/C18H15N5O5.C12H14N2O2.C6H2ClN3O3/c24-12-9-11-3-1-2-4-14(11)22(10-12)16(25)7-8-19-13-5-6-15(23(26)27)18-17(13)20-28-21-18;13-6-5-12(16)14-8-10(15)7-9-3-1-2-4-11(9)14;7-3-1-2-4(10(11)12)6-5(3)8-13-9-6/h1-6,19H,7-10H2;1-4H,5-8,13H2;1-2H. The summed E-state index contributed by atoms with van der Waals surface area (Å²) in [6, 6.07) is 20.3. The molecule has 0 atom stereocenters. The third-order valence-corrected chi connectivity index (χ3v) is 9.06. The number of Topliss-reactive ketones (excluding diaryl/α,β-unsaturated/α-hetero) is 2. The fourth-order valence-corrected chi connectivity index (χ4v) is 6.35. The maximum atomic E-state index is 12.7. The number of nitrogens with one attached hydrogen (secondary N) is 1. The van der Waals surface area contributed by atoms with Crippen molar-refractivity contribution in [1.82, 2.24) is 20.6 Å². The van der Waals surface area contributed by atoms with Crippen LogP contribution in [-0.4, -0.2) is 80.0 Å². The fourth-order valence-electron chi connectivity index (χ4n) is 6.16. The molecule has 3 N–H and O–H groups in total. The summed E-state index contributed by atoms with van der Waals surface area (Å²) >= 11 is 5.69. The Labute approximate surface area is 325 Å². The van der Waals surface area contributed by atoms with Gasteiger partial charge in [0.1, 0.15) is 0 Å². The lowest BCUT2D eigenvalue weighted by Gasteiger charge is -2.28. The van der Waals surface area contributed by atoms with Crippen LogP contribution in [0.25, 0.3) is 22.1 Å². The highest BCUT2D eigenvalue weighted by Crippen LogP contribution is 2.31. The van der Waals surface area contributed by atoms with Crippen molar-refractivity contribution < 1.29 is 38.3 Å². The molecule has 0 aliphatic carbocycles. The molecule has 0 saturated heterocycles. The predicted molar refractivity (Wildman–Crippen MR) is 204 cm³/mol. The van der Waals surface area contributed by atoms with E-state index in [1.807, 2.05) is 48.5 Å². The number of nitrogens with two attached hydrogens (primary N) is 1. The molecular weight excluding hydrogens is 768 g/mol. The van der Waals surface area contributed by atoms with E-state index in [4.69, 9.17) is 17.3 Å². The second kappa shape index (κ2) is 17.5. The Morgan fingerprint density at radius 1 is 0.702 bits per heavy atom. The van der Waals surface area contributed by atoms with Crippen molar-refractivity contribution in [2.45, 2.75) is 25.7 Å². The van der Waals surface area contributed by atoms with Gasteiger partial charge in [-0.3, -0.25) is 39.4 Å². The van der Waals surface area contributed by atoms with Crippen LogP contribution in [0.5, 0.6) is 0 Å². The van der Waals surface area contributed by atoms with Gasteiger partial charge in [-0.2, -0.15) is 0 Å². The van der Waals surface area contributed by atoms with E-state index < -0.39 is 9.85 Å². The quantitative estimate of drug-likeness (QED) is 0.160. The van der Waals surface area contributed by atoms with Crippen LogP contribution in [0.2, 0.25) is 5.02 Å². The van der Waals surface area contributed by atoms with Gasteiger partial charge in [0, 0.05) is 62.3 Å². The van der Waals surface area contributed by atoms with Crippen molar-refractivity contribution in [3.05, 3.63) is 109 Å². The Balaban J connectivity index is 0.000000160. The number of nitro benzene ring substituents is 2. The number of aromatic nitrogens is 4. The van der Waals surface area contributed by atoms with Crippen LogP contribution in [0.4, 0.5) is 28.4 Å². The summed E-state index contributed by atoms with van der Waals surface area (Å²) in [6.45, 7) is 0.803. The number of carbonyl (C=O) groups excluding carboxylic acids is 4. The monoisotopic (exact) mass is 798 g/mol. The molecule has 0 radical (unpaired) electrons. The molecule has 57 heavy (non-hydrogen) atoms. The molecule has 0 unspecified atom stereocenters. The molecule has 0 saturated carbocycles. The molecule has 4 heterocycles. The number of nitro groups is 2. The number of hydrogen-bond donors (Lipinski definition) is 2. The molecule has 2 aliphatic heterocycles. The SMILES string of the molecule is NCCC(=O)N1CC(=O)Cc2ccccc21.O=C1Cc2ccccc2N(C(=O)CCNc2ccc([N+](=O)[O-])c3nonc23)C1.O=[N+]([O-])c1ccc(Cl)c2nonc12. The number of hydrogen-bond acceptors (Lipinski definition) is 16. The second-order valence-electron chi connectivity index (χ2n) is 12.5. The van der Waals surface area contributed by atoms with Crippen LogP contribution in [0, 0.1) is 20.2 Å². The molecule has 21 heteroatoms. The second-order valence-corrected chi connectivity index (χ2v) is 12.9. The van der Waals surface area contributed by atoms with E-state index >= 15 is 0 Å². The van der Waals surface area contributed by atoms with Gasteiger partial charge in [-0.1, -0.05) is 48.0 Å². The van der Waals surface area contributed by atoms with Gasteiger partial charge in [0.05, 0.1) is 33.6 Å². The molecule has 6 aromatic rings. The van der Waals surface area contributed by atoms with E-state index in [0.717, 1.165) is 22.5 Å². The number of non-ortho nitro benzene ring substituents is 2. The van der Waals surface area contributed by atoms with Gasteiger partial charge in [0.15, 0.2) is 22.6 Å². The van der Waals surface area contributed by atoms with Crippen molar-refractivity contribution in [2.24, 2.45) is 5.73 Å². The maximum Gasteiger partial charge on any atom is 0.300 e. The molecule has 2 aliphatic rings. The summed E-state index contributed by atoms with van der Waals surface area (Å²) in [5, 5.41) is 38.9. The molecule has 2 amide bonds. The van der Waals surface area contributed by atoms with Crippen molar-refractivity contribution >= 4 is 85.5 Å². The van der Waals surface area contributed by atoms with Gasteiger partial charge in [0.2, 0.25) is 22.8 Å². The summed E-state index contributed by atoms with van der Waals surface area (Å²) in [7, 11) is 0. The molecule has 4 aromatic carbocycles. The van der Waals surface area contributed by atoms with E-state index in [1.54, 1.807) is 0 Å². The number of ketones is 2. The Morgan fingerprint density at radius 2 is 1.18 bits per heavy atom. The minimum Gasteiger partial charge on any atom is -0.383 e. The zero-order chi connectivity index (χ0) is 40.6. The summed E-state index contributed by atoms with van der Waals surface area (Å²) in [4.78, 5) is 71.3. The zero-order valence-corrected chi connectivity index (χ0v) is 30.5. The Morgan fingerprint density at radius 3 is 1.72 bits per heavy atom. The normalized spacial score (nSPS) is 13.2. The minimum atomic E-state index is -0.567. The molecule has 20 nitrogen and oxygen atoms in total. The van der Waals surface area contributed by atoms with Gasteiger partial charge in [0.25, 0.3) is 0 Å². The largest absolute Gasteiger partial charge is 0.383 e. The van der Waals surface area contributed by atoms with Crippen LogP contribution in [0.15, 0.2) is 82.1 Å². The minimum absolute atomic E-state index is 0.00856. The molecular formula is C36H31ClN10O10. The van der Waals surface area contributed by atoms with Crippen LogP contribution in [0.1, 0.15) is 24.0 Å². The molecule has 8 rings (SSSR count). The first kappa shape index (κ1) is 39.5. The van der Waals surface area contributed by atoms with Crippen LogP contribution >= 0.6 is 11.6 Å². The number of rotatable bonds is 8. The van der Waals surface area contributed by atoms with Crippen molar-refractivity contribution in [1.29, 1.82) is 0 Å². The Kier molecular flexibility index (Phi) is 12.1. The third kappa shape index (κ3) is 8.87. The van der Waals surface area contributed by atoms with Crippen molar-refractivity contribution in [3.63, 3.8) is 0 Å². The summed E-state index contributed by atoms with van der Waals surface area (Å²) < 4.78 is 8.96. The topological polar surface area (TPSA) is 277 Å². The van der Waals surface area contributed by atoms with Gasteiger partial charge in [-0.15, -0.1) is 0 Å². The fraction of sp³-hybridized carbons (Fsp3) is 0.222. The number of nitrogens with zero attached hydrogens (tertiary/aromatic N) is 8. The van der Waals surface area contributed by atoms with Gasteiger partial charge in [-0.05, 0) is 56.0 Å². The Bertz CT molecular complexity index is 2520.